The van der Waals surface area contributed by atoms with Gasteiger partial charge in [0.25, 0.3) is 0 Å². The van der Waals surface area contributed by atoms with Gasteiger partial charge in [-0.1, -0.05) is 24.3 Å². The van der Waals surface area contributed by atoms with Crippen LogP contribution in [0, 0.1) is 0 Å². The van der Waals surface area contributed by atoms with Gasteiger partial charge in [-0.2, -0.15) is 0 Å². The number of carboxylic acids is 2. The van der Waals surface area contributed by atoms with Crippen molar-refractivity contribution < 1.29 is 48.2 Å². The van der Waals surface area contributed by atoms with E-state index in [0.717, 1.165) is 73.3 Å². The van der Waals surface area contributed by atoms with Crippen LogP contribution < -0.4 is 28.4 Å². The number of hydrogen-bond donors (Lipinski definition) is 2. The lowest BCUT2D eigenvalue weighted by molar-refractivity contribution is -0.159. The summed E-state index contributed by atoms with van der Waals surface area (Å²) in [6, 6.07) is 25.7. The third-order valence-electron chi connectivity index (χ3n) is 9.88. The van der Waals surface area contributed by atoms with Crippen molar-refractivity contribution in [3.8, 4) is 34.5 Å². The van der Waals surface area contributed by atoms with Crippen LogP contribution in [0.1, 0.15) is 45.5 Å². The van der Waals surface area contributed by atoms with Crippen LogP contribution in [0.2, 0.25) is 0 Å². The first-order valence-electron chi connectivity index (χ1n) is 17.3. The molecule has 0 saturated heterocycles. The maximum Gasteiger partial charge on any atom is 0.414 e. The van der Waals surface area contributed by atoms with Crippen molar-refractivity contribution >= 4 is 11.9 Å². The topological polar surface area (TPSA) is 136 Å². The first-order valence-corrected chi connectivity index (χ1v) is 17.3. The van der Waals surface area contributed by atoms with Crippen LogP contribution in [0.25, 0.3) is 0 Å². The average Bonchev–Trinajstić information content (AvgIpc) is 3.17. The van der Waals surface area contributed by atoms with Gasteiger partial charge in [0, 0.05) is 25.2 Å². The molecule has 0 spiro atoms. The fourth-order valence-electron chi connectivity index (χ4n) is 6.89. The number of hydrogen-bond acceptors (Lipinski definition) is 10. The molecule has 2 heterocycles. The highest BCUT2D eigenvalue weighted by molar-refractivity contribution is 6.27. The lowest BCUT2D eigenvalue weighted by Gasteiger charge is -2.35. The molecule has 0 fully saturated rings. The number of fused-ring (bicyclic) bond motifs is 2. The number of carbonyl (C=O) groups is 2. The van der Waals surface area contributed by atoms with Crippen LogP contribution in [-0.2, 0) is 35.3 Å². The van der Waals surface area contributed by atoms with Crippen molar-refractivity contribution in [3.63, 3.8) is 0 Å². The fourth-order valence-corrected chi connectivity index (χ4v) is 6.89. The molecule has 0 aliphatic carbocycles. The number of likely N-dealkylation sites (N-methyl/N-ethyl adjacent to an activating group) is 2. The zero-order valence-electron chi connectivity index (χ0n) is 31.1. The van der Waals surface area contributed by atoms with Crippen molar-refractivity contribution in [3.05, 3.63) is 106 Å². The number of aliphatic carboxylic acids is 2. The van der Waals surface area contributed by atoms with Gasteiger partial charge in [0.2, 0.25) is 6.79 Å². The van der Waals surface area contributed by atoms with Crippen LogP contribution in [-0.4, -0.2) is 94.4 Å². The molecule has 2 aliphatic rings. The van der Waals surface area contributed by atoms with Crippen LogP contribution in [0.4, 0.5) is 0 Å². The SMILES string of the molecule is COc1cc2c(cc1OC)C(Cc1ccc(OCOc3ccc(CC4c5cc(OC)c(OC)cc5CCN4C)cc3)cc1)N(C)CC2.O=C(O)C(=O)O. The highest BCUT2D eigenvalue weighted by Gasteiger charge is 2.28. The highest BCUT2D eigenvalue weighted by Crippen LogP contribution is 2.40. The van der Waals surface area contributed by atoms with E-state index in [4.69, 9.17) is 48.2 Å². The predicted octanol–water partition coefficient (Wildman–Crippen LogP) is 5.84. The molecule has 12 nitrogen and oxygen atoms in total. The summed E-state index contributed by atoms with van der Waals surface area (Å²) in [6.07, 6.45) is 3.78. The highest BCUT2D eigenvalue weighted by atomic mass is 16.7. The molecule has 53 heavy (non-hydrogen) atoms. The Balaban J connectivity index is 0.000000833. The predicted molar refractivity (Wildman–Crippen MR) is 199 cm³/mol. The third-order valence-corrected chi connectivity index (χ3v) is 9.88. The summed E-state index contributed by atoms with van der Waals surface area (Å²) < 4.78 is 34.2. The van der Waals surface area contributed by atoms with E-state index in [9.17, 15) is 0 Å². The lowest BCUT2D eigenvalue weighted by atomic mass is 9.88. The zero-order chi connectivity index (χ0) is 38.1. The molecule has 4 aromatic rings. The van der Waals surface area contributed by atoms with E-state index >= 15 is 0 Å². The van der Waals surface area contributed by atoms with E-state index in [2.05, 4.69) is 72.4 Å². The van der Waals surface area contributed by atoms with Gasteiger partial charge in [0.15, 0.2) is 23.0 Å². The Morgan fingerprint density at radius 3 is 1.25 bits per heavy atom. The number of benzene rings is 4. The van der Waals surface area contributed by atoms with Crippen molar-refractivity contribution in [2.24, 2.45) is 0 Å². The van der Waals surface area contributed by atoms with Gasteiger partial charge in [-0.15, -0.1) is 0 Å². The van der Waals surface area contributed by atoms with Gasteiger partial charge in [-0.05, 0) is 122 Å². The van der Waals surface area contributed by atoms with Crippen LogP contribution in [0.3, 0.4) is 0 Å². The molecule has 12 heteroatoms. The summed E-state index contributed by atoms with van der Waals surface area (Å²) in [4.78, 5) is 23.0. The summed E-state index contributed by atoms with van der Waals surface area (Å²) >= 11 is 0. The molecular formula is C41H48N2O10. The molecule has 282 valence electrons. The molecule has 0 saturated carbocycles. The van der Waals surface area contributed by atoms with Crippen LogP contribution in [0.15, 0.2) is 72.8 Å². The summed E-state index contributed by atoms with van der Waals surface area (Å²) in [7, 11) is 11.1. The van der Waals surface area contributed by atoms with Gasteiger partial charge in [0.05, 0.1) is 28.4 Å². The van der Waals surface area contributed by atoms with E-state index in [1.54, 1.807) is 28.4 Å². The van der Waals surface area contributed by atoms with E-state index in [1.807, 2.05) is 24.3 Å². The second kappa shape index (κ2) is 17.8. The molecular weight excluding hydrogens is 680 g/mol. The molecule has 2 unspecified atom stereocenters. The molecule has 0 aromatic heterocycles. The fraction of sp³-hybridized carbons (Fsp3) is 0.366. The van der Waals surface area contributed by atoms with Gasteiger partial charge in [-0.3, -0.25) is 9.80 Å². The number of rotatable bonds is 12. The minimum atomic E-state index is -1.82. The second-order valence-corrected chi connectivity index (χ2v) is 13.0. The Labute approximate surface area is 310 Å². The molecule has 0 amide bonds. The lowest BCUT2D eigenvalue weighted by Crippen LogP contribution is -2.33. The first-order chi connectivity index (χ1) is 25.5. The minimum Gasteiger partial charge on any atom is -0.493 e. The van der Waals surface area contributed by atoms with Crippen LogP contribution >= 0.6 is 0 Å². The van der Waals surface area contributed by atoms with E-state index in [-0.39, 0.29) is 18.9 Å². The van der Waals surface area contributed by atoms with Crippen molar-refractivity contribution in [2.75, 3.05) is 62.4 Å². The number of carboxylic acid groups (broad SMARTS) is 2. The quantitative estimate of drug-likeness (QED) is 0.134. The normalized spacial score (nSPS) is 16.6. The average molecular weight is 729 g/mol. The minimum absolute atomic E-state index is 0.138. The van der Waals surface area contributed by atoms with Crippen LogP contribution in [0.5, 0.6) is 34.5 Å². The summed E-state index contributed by atoms with van der Waals surface area (Å²) in [5.41, 5.74) is 7.74. The Bertz CT molecular complexity index is 1730. The van der Waals surface area contributed by atoms with Gasteiger partial charge in [0.1, 0.15) is 11.5 Å². The summed E-state index contributed by atoms with van der Waals surface area (Å²) in [5, 5.41) is 14.8. The molecule has 2 atom stereocenters. The van der Waals surface area contributed by atoms with Crippen molar-refractivity contribution in [1.82, 2.24) is 9.80 Å². The Morgan fingerprint density at radius 1 is 0.585 bits per heavy atom. The Kier molecular flexibility index (Phi) is 13.1. The molecule has 2 aliphatic heterocycles. The molecule has 0 bridgehead atoms. The number of nitrogens with zero attached hydrogens (tertiary/aromatic N) is 2. The molecule has 6 rings (SSSR count). The van der Waals surface area contributed by atoms with Gasteiger partial charge < -0.3 is 38.6 Å². The zero-order valence-corrected chi connectivity index (χ0v) is 31.1. The Morgan fingerprint density at radius 2 is 0.925 bits per heavy atom. The maximum atomic E-state index is 9.10. The molecule has 0 radical (unpaired) electrons. The third kappa shape index (κ3) is 9.51. The second-order valence-electron chi connectivity index (χ2n) is 13.0. The first kappa shape index (κ1) is 38.8. The summed E-state index contributed by atoms with van der Waals surface area (Å²) in [6.45, 7) is 2.14. The van der Waals surface area contributed by atoms with Gasteiger partial charge in [-0.25, -0.2) is 9.59 Å². The molecule has 2 N–H and O–H groups in total. The van der Waals surface area contributed by atoms with Crippen molar-refractivity contribution in [2.45, 2.75) is 37.8 Å². The standard InChI is InChI=1S/C39H46N2O6.C2H2O4/c1-40-17-15-28-21-36(42-3)38(44-5)23-32(28)34(40)19-26-7-11-30(12-8-26)46-25-47-31-13-9-27(10-14-31)20-35-33-24-39(45-6)37(43-4)22-29(33)16-18-41(35)2;3-1(4)2(5)6/h7-14,21-24,34-35H,15-20,25H2,1-6H3;(H,3,4)(H,5,6). The van der Waals surface area contributed by atoms with E-state index in [0.29, 0.717) is 0 Å². The smallest absolute Gasteiger partial charge is 0.414 e. The Hall–Kier alpha value is -5.46. The van der Waals surface area contributed by atoms with E-state index in [1.165, 1.54) is 33.4 Å². The molecule has 4 aromatic carbocycles. The number of ether oxygens (including phenoxy) is 6. The maximum absolute atomic E-state index is 9.10. The van der Waals surface area contributed by atoms with E-state index < -0.39 is 11.9 Å². The van der Waals surface area contributed by atoms with Crippen molar-refractivity contribution in [1.29, 1.82) is 0 Å². The number of methoxy groups -OCH3 is 4. The summed E-state index contributed by atoms with van der Waals surface area (Å²) in [5.74, 6) is 1.03. The van der Waals surface area contributed by atoms with Gasteiger partial charge >= 0.3 is 11.9 Å². The largest absolute Gasteiger partial charge is 0.493 e. The monoisotopic (exact) mass is 728 g/mol.